The molecule has 0 aromatic heterocycles. The van der Waals surface area contributed by atoms with Gasteiger partial charge < -0.3 is 16.4 Å². The van der Waals surface area contributed by atoms with E-state index in [9.17, 15) is 9.59 Å². The zero-order valence-electron chi connectivity index (χ0n) is 14.2. The molecule has 0 radical (unpaired) electrons. The van der Waals surface area contributed by atoms with E-state index in [2.05, 4.69) is 10.6 Å². The average Bonchev–Trinajstić information content (AvgIpc) is 2.37. The normalized spacial score (nSPS) is 22.9. The lowest BCUT2D eigenvalue weighted by Crippen LogP contribution is -2.53. The average molecular weight is 334 g/mol. The van der Waals surface area contributed by atoms with E-state index in [1.54, 1.807) is 0 Å². The van der Waals surface area contributed by atoms with Gasteiger partial charge >= 0.3 is 0 Å². The lowest BCUT2D eigenvalue weighted by Gasteiger charge is -2.29. The monoisotopic (exact) mass is 333 g/mol. The summed E-state index contributed by atoms with van der Waals surface area (Å²) < 4.78 is 0. The summed E-state index contributed by atoms with van der Waals surface area (Å²) in [6.45, 7) is 7.90. The Hall–Kier alpha value is -0.810. The van der Waals surface area contributed by atoms with Crippen molar-refractivity contribution in [1.82, 2.24) is 10.6 Å². The molecule has 130 valence electrons. The van der Waals surface area contributed by atoms with Crippen LogP contribution in [0.1, 0.15) is 59.8 Å². The van der Waals surface area contributed by atoms with Gasteiger partial charge in [0.05, 0.1) is 0 Å². The molecule has 1 atom stereocenters. The van der Waals surface area contributed by atoms with E-state index in [4.69, 9.17) is 5.73 Å². The summed E-state index contributed by atoms with van der Waals surface area (Å²) in [7, 11) is 0. The van der Waals surface area contributed by atoms with E-state index in [1.165, 1.54) is 0 Å². The van der Waals surface area contributed by atoms with Crippen LogP contribution in [0, 0.1) is 11.8 Å². The van der Waals surface area contributed by atoms with E-state index >= 15 is 0 Å². The lowest BCUT2D eigenvalue weighted by molar-refractivity contribution is -0.131. The largest absolute Gasteiger partial charge is 0.352 e. The molecule has 0 saturated heterocycles. The van der Waals surface area contributed by atoms with Gasteiger partial charge in [-0.3, -0.25) is 9.59 Å². The Morgan fingerprint density at radius 2 is 1.64 bits per heavy atom. The van der Waals surface area contributed by atoms with Crippen molar-refractivity contribution in [2.45, 2.75) is 77.9 Å². The number of amides is 2. The van der Waals surface area contributed by atoms with Crippen molar-refractivity contribution in [1.29, 1.82) is 0 Å². The van der Waals surface area contributed by atoms with Gasteiger partial charge in [0.15, 0.2) is 0 Å². The molecule has 6 heteroatoms. The smallest absolute Gasteiger partial charge is 0.243 e. The number of carbonyl (C=O) groups excluding carboxylic acids is 2. The highest BCUT2D eigenvalue weighted by Gasteiger charge is 2.27. The van der Waals surface area contributed by atoms with Crippen LogP contribution in [-0.4, -0.2) is 29.9 Å². The fourth-order valence-corrected chi connectivity index (χ4v) is 2.69. The summed E-state index contributed by atoms with van der Waals surface area (Å²) in [5.74, 6) is 0.250. The minimum absolute atomic E-state index is 0. The van der Waals surface area contributed by atoms with Crippen molar-refractivity contribution in [3.05, 3.63) is 0 Å². The first-order chi connectivity index (χ1) is 9.79. The quantitative estimate of drug-likeness (QED) is 0.695. The minimum Gasteiger partial charge on any atom is -0.352 e. The Bertz CT molecular complexity index is 353. The summed E-state index contributed by atoms with van der Waals surface area (Å²) in [4.78, 5) is 24.3. The van der Waals surface area contributed by atoms with Crippen LogP contribution >= 0.6 is 12.4 Å². The third kappa shape index (κ3) is 7.45. The molecule has 1 fully saturated rings. The van der Waals surface area contributed by atoms with Crippen molar-refractivity contribution >= 4 is 24.2 Å². The van der Waals surface area contributed by atoms with E-state index in [0.717, 1.165) is 25.7 Å². The molecule has 0 aromatic rings. The standard InChI is InChI=1S/C16H31N3O2.ClH/c1-10(2)9-14(20)19-15(11(3)4)16(21)18-13-7-5-12(17)6-8-13;/h10-13,15H,5-9,17H2,1-4H3,(H,18,21)(H,19,20);1H. The third-order valence-electron chi connectivity index (χ3n) is 3.98. The lowest BCUT2D eigenvalue weighted by atomic mass is 9.91. The molecular weight excluding hydrogens is 302 g/mol. The van der Waals surface area contributed by atoms with Gasteiger partial charge in [0.25, 0.3) is 0 Å². The molecule has 1 rings (SSSR count). The summed E-state index contributed by atoms with van der Waals surface area (Å²) in [6.07, 6.45) is 4.22. The maximum Gasteiger partial charge on any atom is 0.243 e. The highest BCUT2D eigenvalue weighted by atomic mass is 35.5. The van der Waals surface area contributed by atoms with E-state index in [1.807, 2.05) is 27.7 Å². The van der Waals surface area contributed by atoms with Gasteiger partial charge in [-0.25, -0.2) is 0 Å². The zero-order valence-corrected chi connectivity index (χ0v) is 15.0. The minimum atomic E-state index is -0.452. The zero-order chi connectivity index (χ0) is 16.0. The third-order valence-corrected chi connectivity index (χ3v) is 3.98. The Morgan fingerprint density at radius 1 is 1.09 bits per heavy atom. The fourth-order valence-electron chi connectivity index (χ4n) is 2.69. The molecule has 0 aliphatic heterocycles. The molecule has 0 bridgehead atoms. The maximum atomic E-state index is 12.4. The molecule has 0 spiro atoms. The summed E-state index contributed by atoms with van der Waals surface area (Å²) in [6, 6.07) is 0.0113. The van der Waals surface area contributed by atoms with Crippen LogP contribution in [-0.2, 0) is 9.59 Å². The molecule has 1 unspecified atom stereocenters. The van der Waals surface area contributed by atoms with E-state index in [-0.39, 0.29) is 42.2 Å². The summed E-state index contributed by atoms with van der Waals surface area (Å²) in [5.41, 5.74) is 5.88. The van der Waals surface area contributed by atoms with Crippen LogP contribution in [0.15, 0.2) is 0 Å². The van der Waals surface area contributed by atoms with Gasteiger partial charge in [-0.15, -0.1) is 12.4 Å². The highest BCUT2D eigenvalue weighted by molar-refractivity contribution is 5.88. The van der Waals surface area contributed by atoms with Gasteiger partial charge in [-0.1, -0.05) is 27.7 Å². The van der Waals surface area contributed by atoms with Gasteiger partial charge in [0.1, 0.15) is 6.04 Å². The van der Waals surface area contributed by atoms with Crippen LogP contribution in [0.3, 0.4) is 0 Å². The molecule has 4 N–H and O–H groups in total. The number of nitrogens with one attached hydrogen (secondary N) is 2. The SMILES string of the molecule is CC(C)CC(=O)NC(C(=O)NC1CCC(N)CC1)C(C)C.Cl. The Morgan fingerprint density at radius 3 is 2.09 bits per heavy atom. The first kappa shape index (κ1) is 21.2. The number of carbonyl (C=O) groups is 2. The van der Waals surface area contributed by atoms with Crippen molar-refractivity contribution in [2.75, 3.05) is 0 Å². The second-order valence-corrected chi connectivity index (χ2v) is 7.01. The maximum absolute atomic E-state index is 12.4. The van der Waals surface area contributed by atoms with Crippen LogP contribution in [0.25, 0.3) is 0 Å². The first-order valence-electron chi connectivity index (χ1n) is 8.15. The molecule has 0 heterocycles. The van der Waals surface area contributed by atoms with Crippen LogP contribution < -0.4 is 16.4 Å². The van der Waals surface area contributed by atoms with Gasteiger partial charge in [0, 0.05) is 18.5 Å². The molecule has 2 amide bonds. The van der Waals surface area contributed by atoms with Crippen molar-refractivity contribution in [2.24, 2.45) is 17.6 Å². The van der Waals surface area contributed by atoms with E-state index < -0.39 is 6.04 Å². The van der Waals surface area contributed by atoms with Crippen molar-refractivity contribution in [3.8, 4) is 0 Å². The first-order valence-corrected chi connectivity index (χ1v) is 8.15. The second-order valence-electron chi connectivity index (χ2n) is 7.01. The topological polar surface area (TPSA) is 84.2 Å². The predicted octanol–water partition coefficient (Wildman–Crippen LogP) is 1.98. The van der Waals surface area contributed by atoms with Gasteiger partial charge in [-0.2, -0.15) is 0 Å². The van der Waals surface area contributed by atoms with Crippen LogP contribution in [0.2, 0.25) is 0 Å². The molecule has 22 heavy (non-hydrogen) atoms. The second kappa shape index (κ2) is 10.1. The number of hydrogen-bond acceptors (Lipinski definition) is 3. The number of rotatable bonds is 6. The van der Waals surface area contributed by atoms with Gasteiger partial charge in [-0.05, 0) is 37.5 Å². The van der Waals surface area contributed by atoms with Gasteiger partial charge in [0.2, 0.25) is 11.8 Å². The molecule has 1 aliphatic carbocycles. The fraction of sp³-hybridized carbons (Fsp3) is 0.875. The van der Waals surface area contributed by atoms with Crippen LogP contribution in [0.4, 0.5) is 0 Å². The van der Waals surface area contributed by atoms with Crippen LogP contribution in [0.5, 0.6) is 0 Å². The summed E-state index contributed by atoms with van der Waals surface area (Å²) in [5, 5.41) is 5.94. The molecule has 1 saturated carbocycles. The molecule has 5 nitrogen and oxygen atoms in total. The molecule has 0 aromatic carbocycles. The Kier molecular flexibility index (Phi) is 9.69. The van der Waals surface area contributed by atoms with Crippen molar-refractivity contribution in [3.63, 3.8) is 0 Å². The Balaban J connectivity index is 0.00000441. The van der Waals surface area contributed by atoms with Crippen molar-refractivity contribution < 1.29 is 9.59 Å². The predicted molar refractivity (Wildman–Crippen MR) is 91.8 cm³/mol. The van der Waals surface area contributed by atoms with E-state index in [0.29, 0.717) is 12.3 Å². The Labute approximate surface area is 140 Å². The number of hydrogen-bond donors (Lipinski definition) is 3. The molecular formula is C16H32ClN3O2. The molecule has 1 aliphatic rings. The number of nitrogens with two attached hydrogens (primary N) is 1. The summed E-state index contributed by atoms with van der Waals surface area (Å²) >= 11 is 0. The number of halogens is 1. The highest BCUT2D eigenvalue weighted by Crippen LogP contribution is 2.17.